The number of methoxy groups -OCH3 is 1. The smallest absolute Gasteiger partial charge is 0.387 e. The number of hydrogen-bond donors (Lipinski definition) is 16. The number of aromatic nitrogens is 12. The fraction of sp³-hybridized carbons (Fsp3) is 0.583. The van der Waals surface area contributed by atoms with Crippen molar-refractivity contribution in [2.75, 3.05) is 57.3 Å². The van der Waals surface area contributed by atoms with Crippen molar-refractivity contribution < 1.29 is 137 Å². The van der Waals surface area contributed by atoms with Crippen molar-refractivity contribution in [2.24, 2.45) is 7.05 Å². The van der Waals surface area contributed by atoms with Crippen LogP contribution in [0.5, 0.6) is 0 Å². The van der Waals surface area contributed by atoms with E-state index < -0.39 is 169 Å². The number of ether oxygens (including phenoxy) is 4. The summed E-state index contributed by atoms with van der Waals surface area (Å²) in [5, 5.41) is 43.5. The van der Waals surface area contributed by atoms with Gasteiger partial charge < -0.3 is 90.8 Å². The fourth-order valence-electron chi connectivity index (χ4n) is 9.14. The van der Waals surface area contributed by atoms with E-state index in [4.69, 9.17) is 63.3 Å². The van der Waals surface area contributed by atoms with Crippen molar-refractivity contribution in [3.05, 3.63) is 46.0 Å². The molecule has 3 saturated heterocycles. The number of nitrogen functional groups attached to an aromatic ring is 3. The number of aliphatic hydroxyl groups excluding tert-OH is 4. The third-order valence-corrected chi connectivity index (χ3v) is 16.9. The Morgan fingerprint density at radius 3 is 1.76 bits per heavy atom. The molecule has 0 saturated carbocycles. The number of nitrogens with zero attached hydrogens (tertiary/aromatic N) is 10. The predicted octanol–water partition coefficient (Wildman–Crippen LogP) is -5.86. The van der Waals surface area contributed by atoms with E-state index in [-0.39, 0.29) is 51.2 Å². The molecule has 3 aliphatic heterocycles. The normalized spacial score (nSPS) is 28.5. The van der Waals surface area contributed by atoms with Crippen molar-refractivity contribution in [1.82, 2.24) is 53.6 Å². The lowest BCUT2D eigenvalue weighted by molar-refractivity contribution is -0.745. The summed E-state index contributed by atoms with van der Waals surface area (Å²) in [4.78, 5) is 125. The first-order chi connectivity index (χ1) is 40.1. The van der Waals surface area contributed by atoms with Gasteiger partial charge in [-0.05, 0) is 0 Å². The average molecular weight is 1330 g/mol. The second-order valence-electron chi connectivity index (χ2n) is 18.7. The first kappa shape index (κ1) is 65.3. The van der Waals surface area contributed by atoms with Crippen molar-refractivity contribution in [2.45, 2.75) is 85.8 Å². The summed E-state index contributed by atoms with van der Waals surface area (Å²) in [6.45, 7) is -6.67. The monoisotopic (exact) mass is 1330 g/mol. The third-order valence-electron chi connectivity index (χ3n) is 12.9. The minimum Gasteiger partial charge on any atom is -0.387 e. The first-order valence-electron chi connectivity index (χ1n) is 24.1. The predicted molar refractivity (Wildman–Crippen MR) is 273 cm³/mol. The molecular formula is C36H53N15O30P5+. The number of aromatic amines is 2. The Kier molecular flexibility index (Phi) is 19.0. The molecule has 86 heavy (non-hydrogen) atoms. The van der Waals surface area contributed by atoms with Crippen molar-refractivity contribution in [3.8, 4) is 0 Å². The molecule has 8 unspecified atom stereocenters. The zero-order chi connectivity index (χ0) is 62.7. The molecule has 9 heterocycles. The van der Waals surface area contributed by atoms with E-state index >= 15 is 0 Å². The van der Waals surface area contributed by atoms with Crippen LogP contribution in [0, 0.1) is 0 Å². The van der Waals surface area contributed by atoms with Gasteiger partial charge in [0.2, 0.25) is 17.7 Å². The lowest BCUT2D eigenvalue weighted by atomic mass is 10.1. The molecule has 0 aliphatic carbocycles. The number of nitrogens with two attached hydrogens (primary N) is 3. The Morgan fingerprint density at radius 2 is 1.15 bits per heavy atom. The van der Waals surface area contributed by atoms with Gasteiger partial charge in [0.1, 0.15) is 79.0 Å². The Hall–Kier alpha value is -5.12. The van der Waals surface area contributed by atoms with Crippen LogP contribution in [0.25, 0.3) is 33.5 Å². The number of anilines is 3. The van der Waals surface area contributed by atoms with Gasteiger partial charge in [0.25, 0.3) is 17.1 Å². The Balaban J connectivity index is 0.875. The minimum absolute atomic E-state index is 0.0155. The van der Waals surface area contributed by atoms with Crippen LogP contribution in [0.15, 0.2) is 34.9 Å². The van der Waals surface area contributed by atoms with Gasteiger partial charge in [0, 0.05) is 7.11 Å². The summed E-state index contributed by atoms with van der Waals surface area (Å²) in [6, 6.07) is 0. The molecule has 0 bridgehead atoms. The maximum atomic E-state index is 13.8. The van der Waals surface area contributed by atoms with Gasteiger partial charge in [0.15, 0.2) is 41.4 Å². The van der Waals surface area contributed by atoms with Crippen LogP contribution >= 0.6 is 39.1 Å². The molecule has 17 atom stereocenters. The molecule has 476 valence electrons. The maximum absolute atomic E-state index is 13.8. The van der Waals surface area contributed by atoms with Crippen LogP contribution in [-0.2, 0) is 85.0 Å². The van der Waals surface area contributed by atoms with E-state index in [1.165, 1.54) is 22.5 Å². The van der Waals surface area contributed by atoms with E-state index in [0.717, 1.165) is 35.2 Å². The topological polar surface area (TPSA) is 658 Å². The third kappa shape index (κ3) is 14.5. The summed E-state index contributed by atoms with van der Waals surface area (Å²) in [5.41, 5.74) is 15.3. The van der Waals surface area contributed by atoms with Crippen molar-refractivity contribution in [1.29, 1.82) is 0 Å². The second-order valence-corrected chi connectivity index (χ2v) is 25.4. The molecule has 0 aromatic carbocycles. The highest BCUT2D eigenvalue weighted by atomic mass is 31.2. The number of imidazole rings is 3. The molecule has 0 spiro atoms. The Labute approximate surface area is 476 Å². The summed E-state index contributed by atoms with van der Waals surface area (Å²) in [5.74, 6) is -0.788. The maximum Gasteiger partial charge on any atom is 0.472 e. The number of fused-ring (bicyclic) bond motifs is 3. The zero-order valence-electron chi connectivity index (χ0n) is 43.5. The van der Waals surface area contributed by atoms with E-state index in [1.807, 2.05) is 0 Å². The van der Waals surface area contributed by atoms with Gasteiger partial charge in [0.05, 0.1) is 52.7 Å². The van der Waals surface area contributed by atoms with E-state index in [1.54, 1.807) is 0 Å². The lowest BCUT2D eigenvalue weighted by Crippen LogP contribution is -2.46. The molecule has 0 amide bonds. The standard InChI is InChI=1S/C36H52N15O30P5/c1-48-11-51(29-19(48)31(57)47-36(39)45-29)33-23(55)21(53)14(77-33)5-73-84(64,65)71-3-12(79-82(58,59)60)13(80-83(61,62)63)4-72-85(66,67)74-7-16-24(25(70-2)34(78-16)49-9-42-17-26(37)40-8-41-27(17)49)81-86(68,69)75-6-15-20(52)22(54)32(76-15)50-10-43-18-28(50)44-35(38)46-30(18)56/h8-16,20-25,32-34,52-55H,3-7H2,1-2H3,(H14-,37,38,39,40,41,44,45,46,47,56,57,58,59,60,61,62,63,64,65,66,67,68,69)/p+1/t12?,13?,14-,15-,16?,20-,21-,22-,23-,24-,25?,32-,33?,34-/m1/s1. The number of phosphoric acid groups is 5. The van der Waals surface area contributed by atoms with Crippen molar-refractivity contribution >= 4 is 90.3 Å². The van der Waals surface area contributed by atoms with Crippen LogP contribution in [0.2, 0.25) is 0 Å². The molecule has 3 aliphatic rings. The van der Waals surface area contributed by atoms with Crippen LogP contribution < -0.4 is 32.9 Å². The highest BCUT2D eigenvalue weighted by Crippen LogP contribution is 2.53. The van der Waals surface area contributed by atoms with Gasteiger partial charge in [-0.3, -0.25) is 69.4 Å². The average Bonchev–Trinajstić information content (AvgIpc) is 3.14. The SMILES string of the molecule is COC1[C@H](OP(=O)(O)OC[C@H]2O[C@@H](n3cnc4c(=O)[nH]c(N)nc43)[C@H](O)[C@@H]2O)C(COP(=O)(O)OCC(OP(=O)(O)O)C(COP(=O)(O)OC[C@H]2OC([n+]3cn(C)c4c(=O)[nH]c(N)nc43)[C@H](O)[C@@H]2O)OP(=O)(O)O)O[C@H]1n1cnc2c(N)ncnc21. The molecule has 3 fully saturated rings. The van der Waals surface area contributed by atoms with E-state index in [9.17, 15) is 87.1 Å². The first-order valence-corrected chi connectivity index (χ1v) is 31.7. The number of rotatable bonds is 26. The van der Waals surface area contributed by atoms with Crippen molar-refractivity contribution in [3.63, 3.8) is 0 Å². The Bertz CT molecular complexity index is 3840. The summed E-state index contributed by atoms with van der Waals surface area (Å²) < 4.78 is 132. The van der Waals surface area contributed by atoms with Crippen LogP contribution in [0.3, 0.4) is 0 Å². The second kappa shape index (κ2) is 25.0. The summed E-state index contributed by atoms with van der Waals surface area (Å²) >= 11 is 0. The van der Waals surface area contributed by atoms with Gasteiger partial charge >= 0.3 is 44.8 Å². The van der Waals surface area contributed by atoms with Crippen LogP contribution in [-0.4, -0.2) is 216 Å². The number of aliphatic hydroxyl groups is 4. The minimum atomic E-state index is -5.89. The molecule has 19 N–H and O–H groups in total. The highest BCUT2D eigenvalue weighted by molar-refractivity contribution is 7.48. The zero-order valence-corrected chi connectivity index (χ0v) is 48.0. The number of phosphoric ester groups is 5. The van der Waals surface area contributed by atoms with Crippen LogP contribution in [0.4, 0.5) is 17.7 Å². The molecule has 6 aromatic rings. The van der Waals surface area contributed by atoms with Gasteiger partial charge in [-0.15, -0.1) is 0 Å². The molecule has 45 nitrogen and oxygen atoms in total. The number of aryl methyl sites for hydroxylation is 1. The molecule has 0 radical (unpaired) electrons. The van der Waals surface area contributed by atoms with Gasteiger partial charge in [-0.2, -0.15) is 4.98 Å². The van der Waals surface area contributed by atoms with Gasteiger partial charge in [-0.1, -0.05) is 4.98 Å². The number of H-pyrrole nitrogens is 2. The summed E-state index contributed by atoms with van der Waals surface area (Å²) in [7, 11) is -26.1. The van der Waals surface area contributed by atoms with E-state index in [2.05, 4.69) is 48.9 Å². The highest BCUT2D eigenvalue weighted by Gasteiger charge is 2.53. The number of nitrogens with one attached hydrogen (secondary N) is 2. The van der Waals surface area contributed by atoms with Gasteiger partial charge in [-0.25, -0.2) is 47.3 Å². The largest absolute Gasteiger partial charge is 0.472 e. The molecule has 6 aromatic heterocycles. The number of hydrogen-bond acceptors (Lipinski definition) is 32. The van der Waals surface area contributed by atoms with Crippen LogP contribution in [0.1, 0.15) is 18.7 Å². The lowest BCUT2D eigenvalue weighted by Gasteiger charge is -2.28. The molecular weight excluding hydrogens is 1280 g/mol. The molecule has 50 heteroatoms. The molecule has 9 rings (SSSR count). The Morgan fingerprint density at radius 1 is 0.628 bits per heavy atom. The quantitative estimate of drug-likeness (QED) is 0.0178. The fourth-order valence-corrected chi connectivity index (χ4v) is 12.7. The van der Waals surface area contributed by atoms with E-state index in [0.29, 0.717) is 0 Å². The summed E-state index contributed by atoms with van der Waals surface area (Å²) in [6.07, 6.45) is -21.5.